The highest BCUT2D eigenvalue weighted by Gasteiger charge is 2.31. The minimum atomic E-state index is 0.435. The van der Waals surface area contributed by atoms with Gasteiger partial charge in [0, 0.05) is 88.3 Å². The van der Waals surface area contributed by atoms with Gasteiger partial charge in [-0.2, -0.15) is 0 Å². The first-order valence-corrected chi connectivity index (χ1v) is 29.5. The van der Waals surface area contributed by atoms with Crippen LogP contribution in [0.3, 0.4) is 0 Å². The summed E-state index contributed by atoms with van der Waals surface area (Å²) in [5.41, 5.74) is 24.3. The van der Waals surface area contributed by atoms with Gasteiger partial charge in [-0.25, -0.2) is 0 Å². The van der Waals surface area contributed by atoms with E-state index in [4.69, 9.17) is 0 Å². The van der Waals surface area contributed by atoms with Crippen LogP contribution in [0.5, 0.6) is 0 Å². The maximum absolute atomic E-state index is 2.65. The minimum absolute atomic E-state index is 0.435. The standard InChI is InChI=1S/C78H66N4/c1-47(2)51-25-33-57(34-26-51)79(58-35-27-52(28-36-58)48(3)4)61-41-43-63-65-21-15-23-67-73-72(56-19-13-10-14-20-56)78-74(71(55-17-11-9-12-18-55)77(73)81(75(65)67)69(63)45-61)68-24-16-22-66-64-44-42-62(46-70(64)82(78)76(66)68)80(59-37-29-53(30-38-59)49(5)6)60-39-31-54(32-40-60)50(7)8/h9-50H,1-8H3. The molecule has 0 spiro atoms. The van der Waals surface area contributed by atoms with Crippen LogP contribution in [-0.2, 0) is 0 Å². The van der Waals surface area contributed by atoms with Crippen molar-refractivity contribution in [1.29, 1.82) is 0 Å². The maximum atomic E-state index is 2.65. The smallest absolute Gasteiger partial charge is 0.0634 e. The molecule has 0 aliphatic carbocycles. The molecule has 0 unspecified atom stereocenters. The number of nitrogens with zero attached hydrogens (tertiary/aromatic N) is 4. The van der Waals surface area contributed by atoms with Crippen molar-refractivity contribution >= 4 is 110 Å². The molecule has 4 nitrogen and oxygen atoms in total. The maximum Gasteiger partial charge on any atom is 0.0634 e. The molecule has 0 radical (unpaired) electrons. The fourth-order valence-electron chi connectivity index (χ4n) is 13.7. The molecule has 15 rings (SSSR count). The summed E-state index contributed by atoms with van der Waals surface area (Å²) in [4.78, 5) is 4.89. The summed E-state index contributed by atoms with van der Waals surface area (Å²) < 4.78 is 5.29. The third kappa shape index (κ3) is 7.57. The van der Waals surface area contributed by atoms with Crippen molar-refractivity contribution in [3.63, 3.8) is 0 Å². The first-order valence-electron chi connectivity index (χ1n) is 29.5. The second kappa shape index (κ2) is 19.1. The summed E-state index contributed by atoms with van der Waals surface area (Å²) in [5, 5.41) is 10.0. The first kappa shape index (κ1) is 49.6. The molecule has 4 heterocycles. The van der Waals surface area contributed by atoms with E-state index < -0.39 is 0 Å². The summed E-state index contributed by atoms with van der Waals surface area (Å²) in [6, 6.07) is 87.6. The Balaban J connectivity index is 1.07. The van der Waals surface area contributed by atoms with Gasteiger partial charge in [0.15, 0.2) is 0 Å². The fraction of sp³-hybridized carbons (Fsp3) is 0.154. The van der Waals surface area contributed by atoms with Crippen LogP contribution in [-0.4, -0.2) is 8.80 Å². The molecular weight excluding hydrogens is 993 g/mol. The number of aromatic nitrogens is 2. The van der Waals surface area contributed by atoms with E-state index in [1.807, 2.05) is 0 Å². The average Bonchev–Trinajstić information content (AvgIpc) is 2.10. The van der Waals surface area contributed by atoms with Gasteiger partial charge in [-0.1, -0.05) is 213 Å². The number of fused-ring (bicyclic) bond motifs is 12. The van der Waals surface area contributed by atoms with E-state index in [-0.39, 0.29) is 0 Å². The Morgan fingerprint density at radius 3 is 0.854 bits per heavy atom. The van der Waals surface area contributed by atoms with Gasteiger partial charge < -0.3 is 18.6 Å². The molecule has 0 saturated heterocycles. The number of para-hydroxylation sites is 2. The van der Waals surface area contributed by atoms with E-state index >= 15 is 0 Å². The van der Waals surface area contributed by atoms with Crippen LogP contribution in [0.2, 0.25) is 0 Å². The number of hydrogen-bond acceptors (Lipinski definition) is 2. The largest absolute Gasteiger partial charge is 0.310 e. The minimum Gasteiger partial charge on any atom is -0.310 e. The topological polar surface area (TPSA) is 15.3 Å². The van der Waals surface area contributed by atoms with Crippen molar-refractivity contribution in [2.75, 3.05) is 9.80 Å². The molecule has 398 valence electrons. The molecule has 0 aliphatic heterocycles. The lowest BCUT2D eigenvalue weighted by Crippen LogP contribution is -2.10. The van der Waals surface area contributed by atoms with Crippen molar-refractivity contribution in [2.45, 2.75) is 79.1 Å². The SMILES string of the molecule is CC(C)c1ccc(N(c2ccc(C(C)C)cc2)c2ccc3c4cccc5c6c(-c7ccccc7)c7c(c(-c8ccccc8)c6n(c3c2)c45)c2cccc3c4ccc(N(c5ccc(C(C)C)cc5)c5ccc(C(C)C)cc5)cc4n7c32)cc1. The predicted molar refractivity (Wildman–Crippen MR) is 352 cm³/mol. The van der Waals surface area contributed by atoms with Gasteiger partial charge in [0.05, 0.1) is 33.1 Å². The van der Waals surface area contributed by atoms with Crippen LogP contribution in [0.4, 0.5) is 34.1 Å². The lowest BCUT2D eigenvalue weighted by molar-refractivity contribution is 0.866. The Hall–Kier alpha value is -9.38. The van der Waals surface area contributed by atoms with Crippen molar-refractivity contribution in [3.05, 3.63) is 253 Å². The molecule has 4 heteroatoms. The normalized spacial score (nSPS) is 12.3. The Kier molecular flexibility index (Phi) is 11.6. The summed E-state index contributed by atoms with van der Waals surface area (Å²) in [6.45, 7) is 18.2. The van der Waals surface area contributed by atoms with Crippen LogP contribution in [0.15, 0.2) is 231 Å². The van der Waals surface area contributed by atoms with E-state index in [1.54, 1.807) is 0 Å². The van der Waals surface area contributed by atoms with Crippen LogP contribution >= 0.6 is 0 Å². The molecule has 0 bridgehead atoms. The molecule has 0 amide bonds. The molecule has 0 atom stereocenters. The van der Waals surface area contributed by atoms with E-state index in [9.17, 15) is 0 Å². The number of benzene rings is 11. The highest BCUT2D eigenvalue weighted by molar-refractivity contribution is 6.38. The van der Waals surface area contributed by atoms with Crippen LogP contribution in [0, 0.1) is 0 Å². The van der Waals surface area contributed by atoms with Gasteiger partial charge >= 0.3 is 0 Å². The van der Waals surface area contributed by atoms with Gasteiger partial charge in [0.1, 0.15) is 0 Å². The molecule has 0 N–H and O–H groups in total. The number of hydrogen-bond donors (Lipinski definition) is 0. The van der Waals surface area contributed by atoms with Crippen LogP contribution < -0.4 is 9.80 Å². The third-order valence-electron chi connectivity index (χ3n) is 17.9. The second-order valence-corrected chi connectivity index (χ2v) is 24.1. The number of rotatable bonds is 12. The van der Waals surface area contributed by atoms with Crippen LogP contribution in [0.25, 0.3) is 98.4 Å². The van der Waals surface area contributed by atoms with E-state index in [0.717, 1.165) is 34.1 Å². The second-order valence-electron chi connectivity index (χ2n) is 24.1. The molecule has 0 fully saturated rings. The van der Waals surface area contributed by atoms with E-state index in [1.165, 1.54) is 121 Å². The quantitative estimate of drug-likeness (QED) is 0.121. The van der Waals surface area contributed by atoms with Crippen molar-refractivity contribution < 1.29 is 0 Å². The number of anilines is 6. The highest BCUT2D eigenvalue weighted by atomic mass is 15.1. The Morgan fingerprint density at radius 1 is 0.256 bits per heavy atom. The summed E-state index contributed by atoms with van der Waals surface area (Å²) in [6.07, 6.45) is 0. The van der Waals surface area contributed by atoms with Gasteiger partial charge in [-0.05, 0) is 130 Å². The zero-order chi connectivity index (χ0) is 55.7. The lowest BCUT2D eigenvalue weighted by atomic mass is 9.89. The van der Waals surface area contributed by atoms with E-state index in [0.29, 0.717) is 23.7 Å². The van der Waals surface area contributed by atoms with Gasteiger partial charge in [-0.15, -0.1) is 0 Å². The highest BCUT2D eigenvalue weighted by Crippen LogP contribution is 2.55. The molecule has 82 heavy (non-hydrogen) atoms. The zero-order valence-electron chi connectivity index (χ0n) is 48.0. The summed E-state index contributed by atoms with van der Waals surface area (Å²) >= 11 is 0. The Labute approximate surface area is 480 Å². The zero-order valence-corrected chi connectivity index (χ0v) is 48.0. The summed E-state index contributed by atoms with van der Waals surface area (Å²) in [7, 11) is 0. The molecule has 11 aromatic carbocycles. The molecule has 0 saturated carbocycles. The fourth-order valence-corrected chi connectivity index (χ4v) is 13.7. The molecule has 15 aromatic rings. The molecule has 4 aromatic heterocycles. The molecule has 0 aliphatic rings. The van der Waals surface area contributed by atoms with Gasteiger partial charge in [0.2, 0.25) is 0 Å². The monoisotopic (exact) mass is 1060 g/mol. The van der Waals surface area contributed by atoms with Crippen molar-refractivity contribution in [2.24, 2.45) is 0 Å². The first-order chi connectivity index (χ1) is 40.0. The lowest BCUT2D eigenvalue weighted by Gasteiger charge is -2.26. The van der Waals surface area contributed by atoms with Crippen molar-refractivity contribution in [1.82, 2.24) is 8.80 Å². The van der Waals surface area contributed by atoms with Gasteiger partial charge in [-0.3, -0.25) is 0 Å². The molecular formula is C78H66N4. The van der Waals surface area contributed by atoms with Crippen LogP contribution in [0.1, 0.15) is 101 Å². The van der Waals surface area contributed by atoms with E-state index in [2.05, 4.69) is 305 Å². The average molecular weight is 1060 g/mol. The van der Waals surface area contributed by atoms with Gasteiger partial charge in [0.25, 0.3) is 0 Å². The predicted octanol–water partition coefficient (Wildman–Crippen LogP) is 22.8. The van der Waals surface area contributed by atoms with Crippen molar-refractivity contribution in [3.8, 4) is 22.3 Å². The summed E-state index contributed by atoms with van der Waals surface area (Å²) in [5.74, 6) is 1.74. The third-order valence-corrected chi connectivity index (χ3v) is 17.9. The Bertz CT molecular complexity index is 4450. The Morgan fingerprint density at radius 2 is 0.549 bits per heavy atom.